The lowest BCUT2D eigenvalue weighted by molar-refractivity contribution is 0.0835. The van der Waals surface area contributed by atoms with Gasteiger partial charge in [-0.2, -0.15) is 0 Å². The first-order valence-electron chi connectivity index (χ1n) is 14.2. The van der Waals surface area contributed by atoms with Crippen molar-refractivity contribution in [2.45, 2.75) is 47.1 Å². The summed E-state index contributed by atoms with van der Waals surface area (Å²) in [5, 5.41) is 1.05. The quantitative estimate of drug-likeness (QED) is 0.145. The molecule has 1 aliphatic rings. The Labute approximate surface area is 244 Å². The van der Waals surface area contributed by atoms with Crippen LogP contribution in [0.15, 0.2) is 83.4 Å². The number of ether oxygens (including phenoxy) is 1. The number of fused-ring (bicyclic) bond motifs is 1. The fraction of sp³-hybridized carbons (Fsp3) is 0.333. The molecule has 0 bridgehead atoms. The molecule has 0 unspecified atom stereocenters. The van der Waals surface area contributed by atoms with Crippen molar-refractivity contribution in [2.24, 2.45) is 28.1 Å². The zero-order valence-electron chi connectivity index (χ0n) is 25.2. The lowest BCUT2D eigenvalue weighted by Crippen LogP contribution is -2.35. The normalized spacial score (nSPS) is 14.0. The summed E-state index contributed by atoms with van der Waals surface area (Å²) in [5.41, 5.74) is 22.4. The number of Topliss-reactive ketones (excluding diaryl/α,β-unsaturated/α-hetero) is 1. The molecule has 0 radical (unpaired) electrons. The molecule has 7 N–H and O–H groups in total. The van der Waals surface area contributed by atoms with Crippen molar-refractivity contribution in [2.75, 3.05) is 20.2 Å². The first-order chi connectivity index (χ1) is 19.8. The molecule has 1 saturated heterocycles. The molecule has 0 atom stereocenters. The van der Waals surface area contributed by atoms with Crippen molar-refractivity contribution in [3.05, 3.63) is 95.2 Å². The van der Waals surface area contributed by atoms with Crippen LogP contribution in [-0.4, -0.2) is 42.6 Å². The molecule has 8 nitrogen and oxygen atoms in total. The Morgan fingerprint density at radius 1 is 1.05 bits per heavy atom. The Morgan fingerprint density at radius 2 is 1.68 bits per heavy atom. The fourth-order valence-electron chi connectivity index (χ4n) is 4.83. The maximum atomic E-state index is 12.9. The minimum absolute atomic E-state index is 0.0533. The summed E-state index contributed by atoms with van der Waals surface area (Å²) in [6.45, 7) is 18.0. The van der Waals surface area contributed by atoms with Crippen LogP contribution in [0, 0.1) is 5.92 Å². The highest BCUT2D eigenvalue weighted by Gasteiger charge is 2.26. The van der Waals surface area contributed by atoms with Crippen LogP contribution in [0.5, 0.6) is 5.75 Å². The SMILES string of the molecule is C=N/C(C(=C)N)=C(/C=C(N)N)c1cc2cc(CN3CCC(C(=O)c4ccc(OC)cc4)CC3)ccc2[nH]1.CC.CC. The van der Waals surface area contributed by atoms with E-state index < -0.39 is 0 Å². The molecule has 1 fully saturated rings. The summed E-state index contributed by atoms with van der Waals surface area (Å²) in [6, 6.07) is 15.7. The molecule has 4 rings (SSSR count). The van der Waals surface area contributed by atoms with Gasteiger partial charge in [0.05, 0.1) is 24.3 Å². The second-order valence-electron chi connectivity index (χ2n) is 9.34. The van der Waals surface area contributed by atoms with Crippen LogP contribution in [0.3, 0.4) is 0 Å². The third-order valence-electron chi connectivity index (χ3n) is 6.74. The predicted molar refractivity (Wildman–Crippen MR) is 173 cm³/mol. The van der Waals surface area contributed by atoms with E-state index in [0.29, 0.717) is 11.3 Å². The van der Waals surface area contributed by atoms with Crippen molar-refractivity contribution in [1.29, 1.82) is 0 Å². The number of nitrogens with one attached hydrogen (secondary N) is 1. The first-order valence-corrected chi connectivity index (χ1v) is 14.2. The van der Waals surface area contributed by atoms with Crippen LogP contribution in [0.2, 0.25) is 0 Å². The van der Waals surface area contributed by atoms with Crippen LogP contribution in [0.1, 0.15) is 62.2 Å². The highest BCUT2D eigenvalue weighted by molar-refractivity contribution is 5.98. The van der Waals surface area contributed by atoms with Gasteiger partial charge in [0.25, 0.3) is 0 Å². The number of likely N-dealkylation sites (tertiary alicyclic amines) is 1. The van der Waals surface area contributed by atoms with Gasteiger partial charge in [0.1, 0.15) is 5.75 Å². The summed E-state index contributed by atoms with van der Waals surface area (Å²) in [5.74, 6) is 1.16. The number of methoxy groups -OCH3 is 1. The van der Waals surface area contributed by atoms with Crippen LogP contribution in [-0.2, 0) is 6.54 Å². The van der Waals surface area contributed by atoms with E-state index in [2.05, 4.69) is 46.4 Å². The molecule has 0 aliphatic carbocycles. The van der Waals surface area contributed by atoms with E-state index in [-0.39, 0.29) is 23.2 Å². The molecule has 3 aromatic rings. The van der Waals surface area contributed by atoms with Gasteiger partial charge in [-0.25, -0.2) is 0 Å². The van der Waals surface area contributed by atoms with Gasteiger partial charge in [-0.1, -0.05) is 40.3 Å². The number of benzene rings is 2. The van der Waals surface area contributed by atoms with E-state index in [1.165, 1.54) is 5.56 Å². The van der Waals surface area contributed by atoms with E-state index in [4.69, 9.17) is 21.9 Å². The van der Waals surface area contributed by atoms with Gasteiger partial charge in [0, 0.05) is 40.2 Å². The number of aromatic nitrogens is 1. The smallest absolute Gasteiger partial charge is 0.166 e. The second-order valence-corrected chi connectivity index (χ2v) is 9.34. The van der Waals surface area contributed by atoms with Crippen LogP contribution >= 0.6 is 0 Å². The van der Waals surface area contributed by atoms with E-state index in [1.807, 2.05) is 58.0 Å². The number of nitrogens with zero attached hydrogens (tertiary/aromatic N) is 2. The highest BCUT2D eigenvalue weighted by atomic mass is 16.5. The Hall–Kier alpha value is -4.30. The molecular weight excluding hydrogens is 512 g/mol. The fourth-order valence-corrected chi connectivity index (χ4v) is 4.83. The number of aliphatic imine (C=N–C) groups is 1. The average molecular weight is 559 g/mol. The molecule has 8 heteroatoms. The van der Waals surface area contributed by atoms with Gasteiger partial charge in [-0.05, 0) is 86.8 Å². The number of aromatic amines is 1. The molecule has 1 aromatic heterocycles. The zero-order chi connectivity index (χ0) is 30.5. The number of allylic oxidation sites excluding steroid dienone is 2. The Balaban J connectivity index is 0.00000141. The number of hydrogen-bond donors (Lipinski definition) is 4. The van der Waals surface area contributed by atoms with Crippen molar-refractivity contribution in [3.8, 4) is 5.75 Å². The van der Waals surface area contributed by atoms with Gasteiger partial charge in [0.15, 0.2) is 5.78 Å². The highest BCUT2D eigenvalue weighted by Crippen LogP contribution is 2.29. The van der Waals surface area contributed by atoms with E-state index in [1.54, 1.807) is 13.2 Å². The molecule has 41 heavy (non-hydrogen) atoms. The maximum Gasteiger partial charge on any atom is 0.166 e. The Bertz CT molecular complexity index is 1370. The number of H-pyrrole nitrogens is 1. The average Bonchev–Trinajstić information content (AvgIpc) is 3.42. The Morgan fingerprint density at radius 3 is 2.22 bits per heavy atom. The van der Waals surface area contributed by atoms with E-state index in [0.717, 1.165) is 60.4 Å². The van der Waals surface area contributed by atoms with Crippen LogP contribution in [0.4, 0.5) is 0 Å². The second kappa shape index (κ2) is 16.1. The molecule has 0 saturated carbocycles. The predicted octanol–water partition coefficient (Wildman–Crippen LogP) is 5.97. The minimum Gasteiger partial charge on any atom is -0.497 e. The summed E-state index contributed by atoms with van der Waals surface area (Å²) >= 11 is 0. The van der Waals surface area contributed by atoms with Crippen molar-refractivity contribution >= 4 is 29.0 Å². The van der Waals surface area contributed by atoms with Gasteiger partial charge in [0.2, 0.25) is 0 Å². The lowest BCUT2D eigenvalue weighted by atomic mass is 9.88. The largest absolute Gasteiger partial charge is 0.497 e. The lowest BCUT2D eigenvalue weighted by Gasteiger charge is -2.31. The van der Waals surface area contributed by atoms with Gasteiger partial charge in [-0.15, -0.1) is 0 Å². The summed E-state index contributed by atoms with van der Waals surface area (Å²) in [7, 11) is 1.62. The monoisotopic (exact) mass is 558 g/mol. The number of hydrogen-bond acceptors (Lipinski definition) is 7. The van der Waals surface area contributed by atoms with Crippen molar-refractivity contribution in [1.82, 2.24) is 9.88 Å². The van der Waals surface area contributed by atoms with E-state index >= 15 is 0 Å². The van der Waals surface area contributed by atoms with Gasteiger partial charge in [-0.3, -0.25) is 14.7 Å². The molecule has 220 valence electrons. The number of carbonyl (C=O) groups is 1. The third kappa shape index (κ3) is 8.59. The van der Waals surface area contributed by atoms with E-state index in [9.17, 15) is 4.79 Å². The number of nitrogens with two attached hydrogens (primary N) is 3. The van der Waals surface area contributed by atoms with Crippen LogP contribution < -0.4 is 21.9 Å². The molecule has 0 amide bonds. The first kappa shape index (κ1) is 32.9. The van der Waals surface area contributed by atoms with Crippen molar-refractivity contribution in [3.63, 3.8) is 0 Å². The number of ketones is 1. The molecule has 0 spiro atoms. The maximum absolute atomic E-state index is 12.9. The minimum atomic E-state index is 0.0533. The van der Waals surface area contributed by atoms with Crippen molar-refractivity contribution < 1.29 is 9.53 Å². The number of rotatable bonds is 9. The molecule has 1 aliphatic heterocycles. The standard InChI is InChI=1S/C29H34N6O2.2C2H6/c1-18(30)28(33-2)24(16-27(31)32)26-15-22-14-19(4-9-25(22)34-26)17-35-12-10-21(11-13-35)29(36)20-5-7-23(37-3)8-6-20;2*1-2/h4-9,14-16,21,34H,1-2,10-13,17,30-32H2,3H3;2*1-2H3/b28-24-;;. The van der Waals surface area contributed by atoms with Gasteiger partial charge >= 0.3 is 0 Å². The summed E-state index contributed by atoms with van der Waals surface area (Å²) in [6.07, 6.45) is 3.30. The molecular formula is C33H46N6O2. The van der Waals surface area contributed by atoms with Gasteiger partial charge < -0.3 is 26.9 Å². The number of carbonyl (C=O) groups excluding carboxylic acids is 1. The summed E-state index contributed by atoms with van der Waals surface area (Å²) in [4.78, 5) is 22.7. The topological polar surface area (TPSA) is 136 Å². The Kier molecular flexibility index (Phi) is 12.9. The summed E-state index contributed by atoms with van der Waals surface area (Å²) < 4.78 is 5.19. The number of piperidine rings is 1. The molecule has 2 heterocycles. The van der Waals surface area contributed by atoms with Crippen LogP contribution in [0.25, 0.3) is 16.5 Å². The zero-order valence-corrected chi connectivity index (χ0v) is 25.2. The third-order valence-corrected chi connectivity index (χ3v) is 6.74. The molecule has 2 aromatic carbocycles.